The number of nitrogens with zero attached hydrogens (tertiary/aromatic N) is 2. The molecule has 1 aliphatic carbocycles. The van der Waals surface area contributed by atoms with Gasteiger partial charge in [0.2, 0.25) is 5.95 Å². The van der Waals surface area contributed by atoms with Crippen LogP contribution in [0, 0.1) is 6.92 Å². The smallest absolute Gasteiger partial charge is 0.201 e. The van der Waals surface area contributed by atoms with Gasteiger partial charge in [0, 0.05) is 7.11 Å². The van der Waals surface area contributed by atoms with Gasteiger partial charge in [-0.25, -0.2) is 4.98 Å². The number of nitrogen functional groups attached to an aromatic ring is 1. The van der Waals surface area contributed by atoms with Crippen LogP contribution in [0.15, 0.2) is 18.2 Å². The van der Waals surface area contributed by atoms with Crippen LogP contribution in [0.1, 0.15) is 24.8 Å². The maximum absolute atomic E-state index is 6.04. The fourth-order valence-electron chi connectivity index (χ4n) is 2.71. The van der Waals surface area contributed by atoms with Crippen LogP contribution < -0.4 is 5.73 Å². The minimum absolute atomic E-state index is 0.0351. The first kappa shape index (κ1) is 11.5. The lowest BCUT2D eigenvalue weighted by Gasteiger charge is -2.40. The van der Waals surface area contributed by atoms with Crippen molar-refractivity contribution in [3.05, 3.63) is 23.8 Å². The predicted molar refractivity (Wildman–Crippen MR) is 72.5 cm³/mol. The summed E-state index contributed by atoms with van der Waals surface area (Å²) in [6, 6.07) is 6.26. The fourth-order valence-corrected chi connectivity index (χ4v) is 2.71. The molecular formula is C14H19N3O. The molecule has 0 atom stereocenters. The van der Waals surface area contributed by atoms with E-state index in [1.165, 1.54) is 12.0 Å². The zero-order valence-electron chi connectivity index (χ0n) is 10.9. The summed E-state index contributed by atoms with van der Waals surface area (Å²) in [5, 5.41) is 0. The van der Waals surface area contributed by atoms with E-state index in [1.807, 2.05) is 0 Å². The Hall–Kier alpha value is -1.55. The second-order valence-corrected chi connectivity index (χ2v) is 5.29. The second-order valence-electron chi connectivity index (χ2n) is 5.29. The lowest BCUT2D eigenvalue weighted by Crippen LogP contribution is -2.43. The summed E-state index contributed by atoms with van der Waals surface area (Å²) >= 11 is 0. The standard InChI is InChI=1S/C14H19N3O/c1-10-4-5-12-11(8-10)16-13(15)17(12)9-14(18-2)6-3-7-14/h4-5,8H,3,6-7,9H2,1-2H3,(H2,15,16). The highest BCUT2D eigenvalue weighted by molar-refractivity contribution is 5.79. The van der Waals surface area contributed by atoms with E-state index in [0.29, 0.717) is 5.95 Å². The largest absolute Gasteiger partial charge is 0.376 e. The van der Waals surface area contributed by atoms with Crippen LogP contribution in [-0.2, 0) is 11.3 Å². The van der Waals surface area contributed by atoms with E-state index < -0.39 is 0 Å². The van der Waals surface area contributed by atoms with E-state index >= 15 is 0 Å². The maximum Gasteiger partial charge on any atom is 0.201 e. The molecule has 0 saturated heterocycles. The van der Waals surface area contributed by atoms with Gasteiger partial charge in [0.25, 0.3) is 0 Å². The molecule has 0 aliphatic heterocycles. The summed E-state index contributed by atoms with van der Waals surface area (Å²) in [5.41, 5.74) is 9.28. The number of aryl methyl sites for hydroxylation is 1. The first-order valence-electron chi connectivity index (χ1n) is 6.41. The first-order chi connectivity index (χ1) is 8.63. The van der Waals surface area contributed by atoms with Gasteiger partial charge in [0.05, 0.1) is 23.2 Å². The molecule has 0 spiro atoms. The van der Waals surface area contributed by atoms with E-state index in [0.717, 1.165) is 30.4 Å². The van der Waals surface area contributed by atoms with Crippen molar-refractivity contribution in [3.8, 4) is 0 Å². The van der Waals surface area contributed by atoms with Gasteiger partial charge >= 0.3 is 0 Å². The number of imidazole rings is 1. The van der Waals surface area contributed by atoms with Crippen LogP contribution in [0.2, 0.25) is 0 Å². The normalized spacial score (nSPS) is 17.9. The van der Waals surface area contributed by atoms with Crippen LogP contribution in [0.5, 0.6) is 0 Å². The van der Waals surface area contributed by atoms with Gasteiger partial charge in [-0.3, -0.25) is 0 Å². The van der Waals surface area contributed by atoms with Crippen molar-refractivity contribution in [1.82, 2.24) is 9.55 Å². The number of nitrogens with two attached hydrogens (primary N) is 1. The van der Waals surface area contributed by atoms with Crippen LogP contribution >= 0.6 is 0 Å². The third kappa shape index (κ3) is 1.68. The van der Waals surface area contributed by atoms with Crippen molar-refractivity contribution < 1.29 is 4.74 Å². The molecule has 0 bridgehead atoms. The van der Waals surface area contributed by atoms with Crippen LogP contribution in [-0.4, -0.2) is 22.3 Å². The topological polar surface area (TPSA) is 53.1 Å². The first-order valence-corrected chi connectivity index (χ1v) is 6.41. The monoisotopic (exact) mass is 245 g/mol. The summed E-state index contributed by atoms with van der Waals surface area (Å²) in [6.07, 6.45) is 3.45. The molecule has 2 N–H and O–H groups in total. The predicted octanol–water partition coefficient (Wildman–Crippen LogP) is 2.50. The van der Waals surface area contributed by atoms with Crippen molar-refractivity contribution in [1.29, 1.82) is 0 Å². The lowest BCUT2D eigenvalue weighted by molar-refractivity contribution is -0.0824. The van der Waals surface area contributed by atoms with Gasteiger partial charge in [-0.2, -0.15) is 0 Å². The lowest BCUT2D eigenvalue weighted by atomic mass is 9.80. The van der Waals surface area contributed by atoms with E-state index in [1.54, 1.807) is 7.11 Å². The van der Waals surface area contributed by atoms with Crippen molar-refractivity contribution in [3.63, 3.8) is 0 Å². The number of fused-ring (bicyclic) bond motifs is 1. The Labute approximate surface area is 107 Å². The highest BCUT2D eigenvalue weighted by Crippen LogP contribution is 2.37. The highest BCUT2D eigenvalue weighted by Gasteiger charge is 2.38. The molecule has 1 aliphatic rings. The summed E-state index contributed by atoms with van der Waals surface area (Å²) in [6.45, 7) is 2.87. The summed E-state index contributed by atoms with van der Waals surface area (Å²) < 4.78 is 7.75. The Kier molecular flexibility index (Phi) is 2.55. The van der Waals surface area contributed by atoms with Gasteiger partial charge in [-0.1, -0.05) is 6.07 Å². The Bertz CT molecular complexity index is 578. The Morgan fingerprint density at radius 3 is 2.83 bits per heavy atom. The number of ether oxygens (including phenoxy) is 1. The molecule has 18 heavy (non-hydrogen) atoms. The SMILES string of the molecule is COC1(Cn2c(N)nc3cc(C)ccc32)CCC1. The van der Waals surface area contributed by atoms with E-state index in [9.17, 15) is 0 Å². The third-order valence-corrected chi connectivity index (χ3v) is 4.08. The molecule has 0 amide bonds. The van der Waals surface area contributed by atoms with Crippen molar-refractivity contribution >= 4 is 17.0 Å². The van der Waals surface area contributed by atoms with E-state index in [2.05, 4.69) is 34.7 Å². The van der Waals surface area contributed by atoms with Crippen molar-refractivity contribution in [2.45, 2.75) is 38.3 Å². The zero-order chi connectivity index (χ0) is 12.8. The number of methoxy groups -OCH3 is 1. The molecule has 0 radical (unpaired) electrons. The molecule has 1 fully saturated rings. The summed E-state index contributed by atoms with van der Waals surface area (Å²) in [4.78, 5) is 4.44. The van der Waals surface area contributed by atoms with Crippen LogP contribution in [0.4, 0.5) is 5.95 Å². The van der Waals surface area contributed by atoms with Crippen molar-refractivity contribution in [2.24, 2.45) is 0 Å². The van der Waals surface area contributed by atoms with Gasteiger partial charge in [0.15, 0.2) is 0 Å². The zero-order valence-corrected chi connectivity index (χ0v) is 10.9. The number of benzene rings is 1. The minimum Gasteiger partial charge on any atom is -0.376 e. The molecule has 1 saturated carbocycles. The minimum atomic E-state index is -0.0351. The Balaban J connectivity index is 2.03. The average Bonchev–Trinajstić information content (AvgIpc) is 2.59. The van der Waals surface area contributed by atoms with Crippen LogP contribution in [0.3, 0.4) is 0 Å². The average molecular weight is 245 g/mol. The molecule has 1 aromatic heterocycles. The molecule has 4 nitrogen and oxygen atoms in total. The Morgan fingerprint density at radius 1 is 1.44 bits per heavy atom. The number of aromatic nitrogens is 2. The Morgan fingerprint density at radius 2 is 2.22 bits per heavy atom. The summed E-state index contributed by atoms with van der Waals surface area (Å²) in [7, 11) is 1.79. The fraction of sp³-hybridized carbons (Fsp3) is 0.500. The van der Waals surface area contributed by atoms with E-state index in [4.69, 9.17) is 10.5 Å². The van der Waals surface area contributed by atoms with Gasteiger partial charge < -0.3 is 15.0 Å². The molecule has 2 aromatic rings. The quantitative estimate of drug-likeness (QED) is 0.904. The van der Waals surface area contributed by atoms with Gasteiger partial charge in [-0.05, 0) is 43.9 Å². The van der Waals surface area contributed by atoms with Crippen molar-refractivity contribution in [2.75, 3.05) is 12.8 Å². The molecule has 96 valence electrons. The molecule has 1 heterocycles. The van der Waals surface area contributed by atoms with E-state index in [-0.39, 0.29) is 5.60 Å². The number of hydrogen-bond acceptors (Lipinski definition) is 3. The number of anilines is 1. The highest BCUT2D eigenvalue weighted by atomic mass is 16.5. The second kappa shape index (κ2) is 3.99. The van der Waals surface area contributed by atoms with Crippen LogP contribution in [0.25, 0.3) is 11.0 Å². The number of hydrogen-bond donors (Lipinski definition) is 1. The molecule has 1 aromatic carbocycles. The third-order valence-electron chi connectivity index (χ3n) is 4.08. The molecular weight excluding hydrogens is 226 g/mol. The van der Waals surface area contributed by atoms with Gasteiger partial charge in [0.1, 0.15) is 0 Å². The summed E-state index contributed by atoms with van der Waals surface area (Å²) in [5.74, 6) is 0.582. The maximum atomic E-state index is 6.04. The molecule has 0 unspecified atom stereocenters. The molecule has 3 rings (SSSR count). The molecule has 4 heteroatoms. The number of rotatable bonds is 3. The van der Waals surface area contributed by atoms with Gasteiger partial charge in [-0.15, -0.1) is 0 Å².